The first-order chi connectivity index (χ1) is 9.36. The number of aryl methyl sites for hydroxylation is 1. The summed E-state index contributed by atoms with van der Waals surface area (Å²) in [6.45, 7) is 5.04. The van der Waals surface area contributed by atoms with Gasteiger partial charge in [-0.25, -0.2) is 8.42 Å². The molecule has 2 rings (SSSR count). The first-order valence-electron chi connectivity index (χ1n) is 6.92. The monoisotopic (exact) mass is 316 g/mol. The lowest BCUT2D eigenvalue weighted by Crippen LogP contribution is -2.39. The third kappa shape index (κ3) is 2.95. The number of anilines is 1. The van der Waals surface area contributed by atoms with E-state index in [9.17, 15) is 8.42 Å². The number of nitrogens with zero attached hydrogens (tertiary/aromatic N) is 1. The largest absolute Gasteiger partial charge is 0.398 e. The molecular formula is C14H21ClN2O2S. The standard InChI is InChI=1S/C14H21ClN2O2S/c1-3-11-5-4-6-17(9-11)20(18,19)14-8-13(16)10(2)7-12(14)15/h7-8,11H,3-6,9,16H2,1-2H3. The first kappa shape index (κ1) is 15.6. The molecule has 1 heterocycles. The number of hydrogen-bond acceptors (Lipinski definition) is 3. The summed E-state index contributed by atoms with van der Waals surface area (Å²) in [4.78, 5) is 0.124. The van der Waals surface area contributed by atoms with Crippen LogP contribution < -0.4 is 5.73 Å². The van der Waals surface area contributed by atoms with E-state index >= 15 is 0 Å². The van der Waals surface area contributed by atoms with Gasteiger partial charge in [0.1, 0.15) is 4.90 Å². The SMILES string of the molecule is CCC1CCCN(S(=O)(=O)c2cc(N)c(C)cc2Cl)C1. The van der Waals surface area contributed by atoms with Crippen molar-refractivity contribution in [2.24, 2.45) is 5.92 Å². The number of nitrogen functional groups attached to an aromatic ring is 1. The zero-order valence-corrected chi connectivity index (χ0v) is 13.5. The molecule has 0 saturated carbocycles. The van der Waals surface area contributed by atoms with Crippen molar-refractivity contribution in [1.82, 2.24) is 4.31 Å². The zero-order valence-electron chi connectivity index (χ0n) is 11.9. The quantitative estimate of drug-likeness (QED) is 0.872. The minimum atomic E-state index is -3.55. The van der Waals surface area contributed by atoms with Gasteiger partial charge in [-0.15, -0.1) is 0 Å². The molecule has 1 fully saturated rings. The average Bonchev–Trinajstić information content (AvgIpc) is 2.42. The van der Waals surface area contributed by atoms with Crippen molar-refractivity contribution < 1.29 is 8.42 Å². The van der Waals surface area contributed by atoms with Crippen LogP contribution in [0.15, 0.2) is 17.0 Å². The number of halogens is 1. The molecule has 0 aromatic heterocycles. The molecule has 1 aliphatic rings. The van der Waals surface area contributed by atoms with E-state index < -0.39 is 10.0 Å². The lowest BCUT2D eigenvalue weighted by Gasteiger charge is -2.31. The summed E-state index contributed by atoms with van der Waals surface area (Å²) in [5, 5.41) is 0.246. The third-order valence-corrected chi connectivity index (χ3v) is 6.33. The Morgan fingerprint density at radius 3 is 2.80 bits per heavy atom. The van der Waals surface area contributed by atoms with Crippen LogP contribution in [0.25, 0.3) is 0 Å². The van der Waals surface area contributed by atoms with Crippen LogP contribution in [0.4, 0.5) is 5.69 Å². The molecule has 0 amide bonds. The molecule has 1 atom stereocenters. The second-order valence-corrected chi connectivity index (χ2v) is 7.73. The first-order valence-corrected chi connectivity index (χ1v) is 8.73. The van der Waals surface area contributed by atoms with Gasteiger partial charge >= 0.3 is 0 Å². The summed E-state index contributed by atoms with van der Waals surface area (Å²) >= 11 is 6.11. The Balaban J connectivity index is 2.37. The van der Waals surface area contributed by atoms with Gasteiger partial charge in [0.25, 0.3) is 0 Å². The molecule has 1 aliphatic heterocycles. The summed E-state index contributed by atoms with van der Waals surface area (Å²) in [5.74, 6) is 0.431. The average molecular weight is 317 g/mol. The van der Waals surface area contributed by atoms with Crippen LogP contribution in [0.2, 0.25) is 5.02 Å². The van der Waals surface area contributed by atoms with Crippen molar-refractivity contribution in [3.05, 3.63) is 22.7 Å². The molecule has 112 valence electrons. The lowest BCUT2D eigenvalue weighted by atomic mass is 9.97. The van der Waals surface area contributed by atoms with Gasteiger partial charge in [0.2, 0.25) is 10.0 Å². The number of nitrogens with two attached hydrogens (primary N) is 1. The van der Waals surface area contributed by atoms with Gasteiger partial charge in [0.15, 0.2) is 0 Å². The Labute approximate surface area is 126 Å². The van der Waals surface area contributed by atoms with Crippen LogP contribution in [-0.2, 0) is 10.0 Å². The topological polar surface area (TPSA) is 63.4 Å². The fourth-order valence-corrected chi connectivity index (χ4v) is 4.73. The molecule has 1 aromatic carbocycles. The van der Waals surface area contributed by atoms with Crippen LogP contribution in [0.3, 0.4) is 0 Å². The van der Waals surface area contributed by atoms with Crippen LogP contribution in [0.1, 0.15) is 31.7 Å². The van der Waals surface area contributed by atoms with Crippen LogP contribution in [0, 0.1) is 12.8 Å². The Morgan fingerprint density at radius 1 is 1.45 bits per heavy atom. The van der Waals surface area contributed by atoms with Gasteiger partial charge in [-0.3, -0.25) is 0 Å². The van der Waals surface area contributed by atoms with Gasteiger partial charge in [-0.05, 0) is 43.4 Å². The van der Waals surface area contributed by atoms with E-state index in [1.807, 2.05) is 6.92 Å². The summed E-state index contributed by atoms with van der Waals surface area (Å²) < 4.78 is 27.0. The Hall–Kier alpha value is -0.780. The van der Waals surface area contributed by atoms with E-state index in [0.717, 1.165) is 24.8 Å². The molecule has 0 bridgehead atoms. The van der Waals surface area contributed by atoms with Crippen molar-refractivity contribution in [3.8, 4) is 0 Å². The minimum Gasteiger partial charge on any atom is -0.398 e. The highest BCUT2D eigenvalue weighted by molar-refractivity contribution is 7.89. The van der Waals surface area contributed by atoms with Crippen molar-refractivity contribution in [2.45, 2.75) is 38.0 Å². The Bertz CT molecular complexity index is 601. The molecule has 20 heavy (non-hydrogen) atoms. The number of benzene rings is 1. The van der Waals surface area contributed by atoms with Gasteiger partial charge in [0.05, 0.1) is 5.02 Å². The van der Waals surface area contributed by atoms with E-state index in [-0.39, 0.29) is 9.92 Å². The predicted octanol–water partition coefficient (Wildman–Crippen LogP) is 3.04. The molecule has 1 unspecified atom stereocenters. The van der Waals surface area contributed by atoms with Crippen LogP contribution in [0.5, 0.6) is 0 Å². The van der Waals surface area contributed by atoms with Crippen molar-refractivity contribution in [1.29, 1.82) is 0 Å². The molecule has 2 N–H and O–H groups in total. The highest BCUT2D eigenvalue weighted by Crippen LogP contribution is 2.31. The molecule has 1 saturated heterocycles. The molecule has 0 radical (unpaired) electrons. The van der Waals surface area contributed by atoms with Gasteiger partial charge in [0, 0.05) is 18.8 Å². The highest BCUT2D eigenvalue weighted by Gasteiger charge is 2.31. The number of rotatable bonds is 3. The molecule has 0 aliphatic carbocycles. The van der Waals surface area contributed by atoms with Gasteiger partial charge in [-0.2, -0.15) is 4.31 Å². The normalized spacial score (nSPS) is 21.1. The number of sulfonamides is 1. The molecular weight excluding hydrogens is 296 g/mol. The van der Waals surface area contributed by atoms with Crippen LogP contribution >= 0.6 is 11.6 Å². The fourth-order valence-electron chi connectivity index (χ4n) is 2.58. The van der Waals surface area contributed by atoms with E-state index in [0.29, 0.717) is 24.7 Å². The predicted molar refractivity (Wildman–Crippen MR) is 82.4 cm³/mol. The fraction of sp³-hybridized carbons (Fsp3) is 0.571. The summed E-state index contributed by atoms with van der Waals surface area (Å²) in [6, 6.07) is 3.09. The maximum atomic E-state index is 12.7. The maximum absolute atomic E-state index is 12.7. The van der Waals surface area contributed by atoms with Gasteiger partial charge in [-0.1, -0.05) is 24.9 Å². The minimum absolute atomic E-state index is 0.124. The van der Waals surface area contributed by atoms with Crippen molar-refractivity contribution in [2.75, 3.05) is 18.8 Å². The number of hydrogen-bond donors (Lipinski definition) is 1. The Kier molecular flexibility index (Phi) is 4.62. The van der Waals surface area contributed by atoms with E-state index in [1.54, 1.807) is 10.4 Å². The smallest absolute Gasteiger partial charge is 0.244 e. The summed E-state index contributed by atoms with van der Waals surface area (Å²) in [6.07, 6.45) is 2.98. The third-order valence-electron chi connectivity index (χ3n) is 4.00. The maximum Gasteiger partial charge on any atom is 0.244 e. The summed E-state index contributed by atoms with van der Waals surface area (Å²) in [5.41, 5.74) is 7.07. The van der Waals surface area contributed by atoms with Crippen molar-refractivity contribution >= 4 is 27.3 Å². The van der Waals surface area contributed by atoms with E-state index in [1.165, 1.54) is 6.07 Å². The second-order valence-electron chi connectivity index (χ2n) is 5.42. The second kappa shape index (κ2) is 5.92. The summed E-state index contributed by atoms with van der Waals surface area (Å²) in [7, 11) is -3.55. The molecule has 6 heteroatoms. The molecule has 0 spiro atoms. The molecule has 1 aromatic rings. The van der Waals surface area contributed by atoms with Crippen molar-refractivity contribution in [3.63, 3.8) is 0 Å². The zero-order chi connectivity index (χ0) is 14.9. The lowest BCUT2D eigenvalue weighted by molar-refractivity contribution is 0.261. The molecule has 4 nitrogen and oxygen atoms in total. The van der Waals surface area contributed by atoms with Gasteiger partial charge < -0.3 is 5.73 Å². The van der Waals surface area contributed by atoms with Crippen LogP contribution in [-0.4, -0.2) is 25.8 Å². The highest BCUT2D eigenvalue weighted by atomic mass is 35.5. The number of piperidine rings is 1. The Morgan fingerprint density at radius 2 is 2.15 bits per heavy atom. The van der Waals surface area contributed by atoms with E-state index in [4.69, 9.17) is 17.3 Å². The van der Waals surface area contributed by atoms with E-state index in [2.05, 4.69) is 6.92 Å².